The van der Waals surface area contributed by atoms with E-state index in [1.54, 1.807) is 7.05 Å². The molecule has 0 N–H and O–H groups in total. The predicted molar refractivity (Wildman–Crippen MR) is 37.5 cm³/mol. The molecule has 0 amide bonds. The van der Waals surface area contributed by atoms with E-state index in [-0.39, 0.29) is 0 Å². The zero-order valence-electron chi connectivity index (χ0n) is 6.57. The van der Waals surface area contributed by atoms with Crippen LogP contribution in [0, 0.1) is 0 Å². The molecule has 56 valence electrons. The van der Waals surface area contributed by atoms with E-state index in [4.69, 9.17) is 0 Å². The highest BCUT2D eigenvalue weighted by atomic mass is 15.6. The monoisotopic (exact) mass is 140 g/mol. The second-order valence-corrected chi connectivity index (χ2v) is 2.45. The Bertz CT molecular complexity index is 205. The lowest BCUT2D eigenvalue weighted by Gasteiger charge is -1.98. The summed E-state index contributed by atoms with van der Waals surface area (Å²) in [5.74, 6) is 1.26. The van der Waals surface area contributed by atoms with Crippen LogP contribution in [0.5, 0.6) is 0 Å². The summed E-state index contributed by atoms with van der Waals surface area (Å²) in [6, 6.07) is 0. The van der Waals surface area contributed by atoms with Gasteiger partial charge in [0.1, 0.15) is 0 Å². The van der Waals surface area contributed by atoms with Crippen LogP contribution in [0.2, 0.25) is 0 Å². The molecule has 0 saturated carbocycles. The summed E-state index contributed by atoms with van der Waals surface area (Å²) in [6.07, 6.45) is 1.06. The Kier molecular flexibility index (Phi) is 1.99. The molecule has 0 aliphatic rings. The Morgan fingerprint density at radius 2 is 2.30 bits per heavy atom. The first kappa shape index (κ1) is 7.18. The van der Waals surface area contributed by atoms with Crippen molar-refractivity contribution >= 4 is 0 Å². The molecular weight excluding hydrogens is 128 g/mol. The molecule has 4 nitrogen and oxygen atoms in total. The fourth-order valence-electron chi connectivity index (χ4n) is 0.679. The number of hydrogen-bond acceptors (Lipinski definition) is 3. The van der Waals surface area contributed by atoms with Gasteiger partial charge in [0.15, 0.2) is 5.82 Å². The van der Waals surface area contributed by atoms with Crippen molar-refractivity contribution in [3.8, 4) is 0 Å². The lowest BCUT2D eigenvalue weighted by atomic mass is 10.1. The molecule has 0 spiro atoms. The van der Waals surface area contributed by atoms with Crippen LogP contribution in [0.15, 0.2) is 0 Å². The van der Waals surface area contributed by atoms with Gasteiger partial charge in [-0.1, -0.05) is 13.8 Å². The van der Waals surface area contributed by atoms with Crippen molar-refractivity contribution in [3.63, 3.8) is 0 Å². The lowest BCUT2D eigenvalue weighted by molar-refractivity contribution is 0.618. The number of rotatable bonds is 2. The summed E-state index contributed by atoms with van der Waals surface area (Å²) in [6.45, 7) is 4.21. The molecule has 10 heavy (non-hydrogen) atoms. The average Bonchev–Trinajstić information content (AvgIpc) is 2.34. The summed E-state index contributed by atoms with van der Waals surface area (Å²) in [7, 11) is 1.78. The molecule has 1 aromatic heterocycles. The molecule has 0 radical (unpaired) electrons. The first-order valence-corrected chi connectivity index (χ1v) is 3.48. The molecule has 1 heterocycles. The summed E-state index contributed by atoms with van der Waals surface area (Å²) < 4.78 is 0. The first-order valence-electron chi connectivity index (χ1n) is 3.48. The fourth-order valence-corrected chi connectivity index (χ4v) is 0.679. The van der Waals surface area contributed by atoms with Crippen molar-refractivity contribution in [2.75, 3.05) is 0 Å². The second kappa shape index (κ2) is 2.77. The Hall–Kier alpha value is -0.930. The molecule has 0 aromatic carbocycles. The van der Waals surface area contributed by atoms with Gasteiger partial charge in [0.25, 0.3) is 0 Å². The van der Waals surface area contributed by atoms with Crippen molar-refractivity contribution in [2.45, 2.75) is 26.2 Å². The van der Waals surface area contributed by atoms with Crippen molar-refractivity contribution < 1.29 is 0 Å². The maximum absolute atomic E-state index is 4.08. The molecule has 0 fully saturated rings. The van der Waals surface area contributed by atoms with Gasteiger partial charge < -0.3 is 0 Å². The largest absolute Gasteiger partial charge is 0.177 e. The molecule has 0 bridgehead atoms. The van der Waals surface area contributed by atoms with Crippen LogP contribution in [-0.4, -0.2) is 20.2 Å². The lowest BCUT2D eigenvalue weighted by Crippen LogP contribution is -1.96. The number of aryl methyl sites for hydroxylation is 1. The standard InChI is InChI=1S/C6H12N4/c1-4-5(2)6-7-9-10(3)8-6/h5H,4H2,1-3H3. The minimum absolute atomic E-state index is 0.425. The van der Waals surface area contributed by atoms with E-state index in [9.17, 15) is 0 Å². The number of tetrazole rings is 1. The zero-order chi connectivity index (χ0) is 7.56. The van der Waals surface area contributed by atoms with E-state index in [2.05, 4.69) is 29.3 Å². The van der Waals surface area contributed by atoms with Crippen LogP contribution in [0.1, 0.15) is 32.0 Å². The summed E-state index contributed by atoms with van der Waals surface area (Å²) in [5, 5.41) is 11.7. The van der Waals surface area contributed by atoms with Gasteiger partial charge in [0.2, 0.25) is 0 Å². The van der Waals surface area contributed by atoms with Crippen molar-refractivity contribution in [2.24, 2.45) is 7.05 Å². The van der Waals surface area contributed by atoms with E-state index in [1.807, 2.05) is 0 Å². The van der Waals surface area contributed by atoms with Gasteiger partial charge in [0.05, 0.1) is 7.05 Å². The predicted octanol–water partition coefficient (Wildman–Crippen LogP) is 0.724. The van der Waals surface area contributed by atoms with E-state index in [1.165, 1.54) is 4.80 Å². The topological polar surface area (TPSA) is 43.6 Å². The second-order valence-electron chi connectivity index (χ2n) is 2.45. The molecule has 4 heteroatoms. The number of hydrogen-bond donors (Lipinski definition) is 0. The van der Waals surface area contributed by atoms with Gasteiger partial charge in [-0.3, -0.25) is 0 Å². The van der Waals surface area contributed by atoms with E-state index in [0.717, 1.165) is 12.2 Å². The average molecular weight is 140 g/mol. The summed E-state index contributed by atoms with van der Waals surface area (Å²) in [4.78, 5) is 1.49. The van der Waals surface area contributed by atoms with Crippen LogP contribution < -0.4 is 0 Å². The summed E-state index contributed by atoms with van der Waals surface area (Å²) >= 11 is 0. The van der Waals surface area contributed by atoms with E-state index < -0.39 is 0 Å². The highest BCUT2D eigenvalue weighted by molar-refractivity contribution is 4.86. The molecule has 0 aliphatic carbocycles. The summed E-state index contributed by atoms with van der Waals surface area (Å²) in [5.41, 5.74) is 0. The molecule has 1 atom stereocenters. The maximum Gasteiger partial charge on any atom is 0.177 e. The Balaban J connectivity index is 2.74. The molecule has 1 unspecified atom stereocenters. The quantitative estimate of drug-likeness (QED) is 0.608. The Morgan fingerprint density at radius 1 is 1.60 bits per heavy atom. The highest BCUT2D eigenvalue weighted by Gasteiger charge is 2.07. The zero-order valence-corrected chi connectivity index (χ0v) is 6.57. The third-order valence-electron chi connectivity index (χ3n) is 1.58. The van der Waals surface area contributed by atoms with Crippen molar-refractivity contribution in [1.82, 2.24) is 20.2 Å². The van der Waals surface area contributed by atoms with Gasteiger partial charge in [-0.15, -0.1) is 10.2 Å². The van der Waals surface area contributed by atoms with E-state index >= 15 is 0 Å². The van der Waals surface area contributed by atoms with Gasteiger partial charge in [-0.25, -0.2) is 0 Å². The van der Waals surface area contributed by atoms with Crippen LogP contribution in [0.4, 0.5) is 0 Å². The van der Waals surface area contributed by atoms with Crippen molar-refractivity contribution in [3.05, 3.63) is 5.82 Å². The fraction of sp³-hybridized carbons (Fsp3) is 0.833. The van der Waals surface area contributed by atoms with Crippen LogP contribution in [0.3, 0.4) is 0 Å². The highest BCUT2D eigenvalue weighted by Crippen LogP contribution is 2.11. The van der Waals surface area contributed by atoms with E-state index in [0.29, 0.717) is 5.92 Å². The van der Waals surface area contributed by atoms with Crippen molar-refractivity contribution in [1.29, 1.82) is 0 Å². The third kappa shape index (κ3) is 1.32. The molecule has 1 aromatic rings. The minimum atomic E-state index is 0.425. The van der Waals surface area contributed by atoms with Gasteiger partial charge >= 0.3 is 0 Å². The molecule has 1 rings (SSSR count). The van der Waals surface area contributed by atoms with Gasteiger partial charge in [0, 0.05) is 5.92 Å². The Labute approximate surface area is 60.2 Å². The molecule has 0 aliphatic heterocycles. The number of aromatic nitrogens is 4. The van der Waals surface area contributed by atoms with Crippen LogP contribution in [0.25, 0.3) is 0 Å². The van der Waals surface area contributed by atoms with Crippen LogP contribution >= 0.6 is 0 Å². The first-order chi connectivity index (χ1) is 4.74. The van der Waals surface area contributed by atoms with Gasteiger partial charge in [-0.2, -0.15) is 4.80 Å². The normalized spacial score (nSPS) is 13.5. The number of nitrogens with zero attached hydrogens (tertiary/aromatic N) is 4. The molecular formula is C6H12N4. The SMILES string of the molecule is CCC(C)c1nnn(C)n1. The maximum atomic E-state index is 4.08. The Morgan fingerprint density at radius 3 is 2.70 bits per heavy atom. The van der Waals surface area contributed by atoms with Crippen LogP contribution in [-0.2, 0) is 7.05 Å². The third-order valence-corrected chi connectivity index (χ3v) is 1.58. The van der Waals surface area contributed by atoms with Gasteiger partial charge in [-0.05, 0) is 11.6 Å². The smallest absolute Gasteiger partial charge is 0.167 e. The molecule has 0 saturated heterocycles. The minimum Gasteiger partial charge on any atom is -0.167 e.